The maximum absolute atomic E-state index is 4.45. The Balaban J connectivity index is 1.46. The first kappa shape index (κ1) is 12.2. The molecule has 100 valence electrons. The quantitative estimate of drug-likeness (QED) is 0.808. The van der Waals surface area contributed by atoms with Crippen LogP contribution in [0, 0.1) is 6.92 Å². The Morgan fingerprint density at radius 3 is 2.67 bits per heavy atom. The highest BCUT2D eigenvalue weighted by Crippen LogP contribution is 2.21. The van der Waals surface area contributed by atoms with Crippen molar-refractivity contribution < 1.29 is 0 Å². The molecule has 0 amide bonds. The molecule has 4 heteroatoms. The normalized spacial score (nSPS) is 26.2. The highest BCUT2D eigenvalue weighted by atomic mass is 15.3. The fourth-order valence-corrected chi connectivity index (χ4v) is 3.15. The molecule has 0 saturated carbocycles. The lowest BCUT2D eigenvalue weighted by molar-refractivity contribution is 0.251. The molecule has 1 aromatic heterocycles. The summed E-state index contributed by atoms with van der Waals surface area (Å²) in [6, 6.07) is 0.595. The number of aryl methyl sites for hydroxylation is 1. The van der Waals surface area contributed by atoms with E-state index >= 15 is 0 Å². The lowest BCUT2D eigenvalue weighted by Crippen LogP contribution is -2.32. The van der Waals surface area contributed by atoms with Gasteiger partial charge in [0.15, 0.2) is 0 Å². The van der Waals surface area contributed by atoms with Gasteiger partial charge < -0.3 is 4.90 Å². The van der Waals surface area contributed by atoms with Gasteiger partial charge in [0.2, 0.25) is 0 Å². The lowest BCUT2D eigenvalue weighted by atomic mass is 10.3. The Kier molecular flexibility index (Phi) is 3.66. The second kappa shape index (κ2) is 5.41. The van der Waals surface area contributed by atoms with Crippen molar-refractivity contribution in [1.82, 2.24) is 19.6 Å². The summed E-state index contributed by atoms with van der Waals surface area (Å²) in [6.07, 6.45) is 8.19. The monoisotopic (exact) mass is 248 g/mol. The van der Waals surface area contributed by atoms with Gasteiger partial charge in [-0.25, -0.2) is 0 Å². The Morgan fingerprint density at radius 2 is 1.94 bits per heavy atom. The van der Waals surface area contributed by atoms with E-state index in [2.05, 4.69) is 32.7 Å². The average Bonchev–Trinajstić information content (AvgIpc) is 3.07. The standard InChI is InChI=1S/C14H24N4/c1-13-10-15-18(11-13)14-4-7-17(12-14)9-8-16-5-2-3-6-16/h10-11,14H,2-9,12H2,1H3. The third-order valence-electron chi connectivity index (χ3n) is 4.28. The average molecular weight is 248 g/mol. The van der Waals surface area contributed by atoms with Crippen molar-refractivity contribution in [1.29, 1.82) is 0 Å². The van der Waals surface area contributed by atoms with E-state index in [0.717, 1.165) is 0 Å². The summed E-state index contributed by atoms with van der Waals surface area (Å²) in [5.41, 5.74) is 1.27. The van der Waals surface area contributed by atoms with Crippen LogP contribution in [0.15, 0.2) is 12.4 Å². The molecule has 2 fully saturated rings. The summed E-state index contributed by atoms with van der Waals surface area (Å²) in [5, 5.41) is 4.45. The van der Waals surface area contributed by atoms with Gasteiger partial charge in [0, 0.05) is 32.4 Å². The number of aromatic nitrogens is 2. The number of hydrogen-bond acceptors (Lipinski definition) is 3. The number of rotatable bonds is 4. The van der Waals surface area contributed by atoms with Crippen LogP contribution in [0.3, 0.4) is 0 Å². The second-order valence-corrected chi connectivity index (χ2v) is 5.79. The highest BCUT2D eigenvalue weighted by Gasteiger charge is 2.24. The van der Waals surface area contributed by atoms with E-state index in [1.165, 1.54) is 64.1 Å². The van der Waals surface area contributed by atoms with Gasteiger partial charge in [-0.1, -0.05) is 0 Å². The van der Waals surface area contributed by atoms with Crippen molar-refractivity contribution >= 4 is 0 Å². The van der Waals surface area contributed by atoms with Gasteiger partial charge in [-0.15, -0.1) is 0 Å². The molecule has 1 aromatic rings. The van der Waals surface area contributed by atoms with Gasteiger partial charge >= 0.3 is 0 Å². The zero-order chi connectivity index (χ0) is 12.4. The van der Waals surface area contributed by atoms with Gasteiger partial charge in [-0.05, 0) is 44.8 Å². The SMILES string of the molecule is Cc1cnn(C2CCN(CCN3CCCC3)C2)c1. The van der Waals surface area contributed by atoms with Gasteiger partial charge in [0.1, 0.15) is 0 Å². The molecule has 0 aliphatic carbocycles. The molecule has 0 bridgehead atoms. The summed E-state index contributed by atoms with van der Waals surface area (Å²) in [4.78, 5) is 5.20. The fraction of sp³-hybridized carbons (Fsp3) is 0.786. The summed E-state index contributed by atoms with van der Waals surface area (Å²) in [5.74, 6) is 0. The number of hydrogen-bond donors (Lipinski definition) is 0. The molecule has 0 radical (unpaired) electrons. The van der Waals surface area contributed by atoms with Crippen LogP contribution in [0.4, 0.5) is 0 Å². The first-order valence-corrected chi connectivity index (χ1v) is 7.27. The fourth-order valence-electron chi connectivity index (χ4n) is 3.15. The van der Waals surface area contributed by atoms with Crippen molar-refractivity contribution in [2.24, 2.45) is 0 Å². The van der Waals surface area contributed by atoms with E-state index < -0.39 is 0 Å². The number of likely N-dealkylation sites (tertiary alicyclic amines) is 2. The molecule has 4 nitrogen and oxygen atoms in total. The predicted octanol–water partition coefficient (Wildman–Crippen LogP) is 1.53. The maximum atomic E-state index is 4.45. The summed E-state index contributed by atoms with van der Waals surface area (Å²) >= 11 is 0. The van der Waals surface area contributed by atoms with Crippen LogP contribution in [0.5, 0.6) is 0 Å². The van der Waals surface area contributed by atoms with E-state index in [4.69, 9.17) is 0 Å². The van der Waals surface area contributed by atoms with E-state index in [1.54, 1.807) is 0 Å². The van der Waals surface area contributed by atoms with E-state index in [0.29, 0.717) is 6.04 Å². The minimum Gasteiger partial charge on any atom is -0.302 e. The number of nitrogens with zero attached hydrogens (tertiary/aromatic N) is 4. The zero-order valence-electron chi connectivity index (χ0n) is 11.4. The molecule has 2 aliphatic heterocycles. The summed E-state index contributed by atoms with van der Waals surface area (Å²) in [6.45, 7) is 9.64. The highest BCUT2D eigenvalue weighted by molar-refractivity contribution is 5.01. The molecular weight excluding hydrogens is 224 g/mol. The minimum atomic E-state index is 0.595. The van der Waals surface area contributed by atoms with Crippen molar-refractivity contribution in [2.45, 2.75) is 32.2 Å². The van der Waals surface area contributed by atoms with Gasteiger partial charge in [0.25, 0.3) is 0 Å². The topological polar surface area (TPSA) is 24.3 Å². The van der Waals surface area contributed by atoms with Crippen molar-refractivity contribution in [2.75, 3.05) is 39.3 Å². The first-order valence-electron chi connectivity index (χ1n) is 7.27. The molecule has 0 aromatic carbocycles. The largest absolute Gasteiger partial charge is 0.302 e. The van der Waals surface area contributed by atoms with Crippen LogP contribution in [0.1, 0.15) is 30.9 Å². The van der Waals surface area contributed by atoms with Crippen LogP contribution < -0.4 is 0 Å². The molecule has 1 atom stereocenters. The molecule has 0 spiro atoms. The van der Waals surface area contributed by atoms with Crippen LogP contribution in [-0.2, 0) is 0 Å². The Bertz CT molecular complexity index is 381. The van der Waals surface area contributed by atoms with Crippen LogP contribution >= 0.6 is 0 Å². The molecular formula is C14H24N4. The van der Waals surface area contributed by atoms with Crippen LogP contribution in [0.25, 0.3) is 0 Å². The summed E-state index contributed by atoms with van der Waals surface area (Å²) < 4.78 is 2.16. The lowest BCUT2D eigenvalue weighted by Gasteiger charge is -2.20. The molecule has 18 heavy (non-hydrogen) atoms. The van der Waals surface area contributed by atoms with Gasteiger partial charge in [-0.2, -0.15) is 5.10 Å². The molecule has 0 N–H and O–H groups in total. The smallest absolute Gasteiger partial charge is 0.0658 e. The molecule has 1 unspecified atom stereocenters. The molecule has 2 saturated heterocycles. The van der Waals surface area contributed by atoms with Crippen molar-refractivity contribution in [3.63, 3.8) is 0 Å². The van der Waals surface area contributed by atoms with E-state index in [9.17, 15) is 0 Å². The van der Waals surface area contributed by atoms with Crippen molar-refractivity contribution in [3.8, 4) is 0 Å². The third-order valence-corrected chi connectivity index (χ3v) is 4.28. The van der Waals surface area contributed by atoms with Gasteiger partial charge in [-0.3, -0.25) is 9.58 Å². The van der Waals surface area contributed by atoms with Crippen molar-refractivity contribution in [3.05, 3.63) is 18.0 Å². The van der Waals surface area contributed by atoms with E-state index in [-0.39, 0.29) is 0 Å². The first-order chi connectivity index (χ1) is 8.81. The zero-order valence-corrected chi connectivity index (χ0v) is 11.4. The molecule has 3 heterocycles. The van der Waals surface area contributed by atoms with Crippen LogP contribution in [0.2, 0.25) is 0 Å². The molecule has 2 aliphatic rings. The maximum Gasteiger partial charge on any atom is 0.0658 e. The Hall–Kier alpha value is -0.870. The second-order valence-electron chi connectivity index (χ2n) is 5.79. The predicted molar refractivity (Wildman–Crippen MR) is 72.7 cm³/mol. The van der Waals surface area contributed by atoms with E-state index in [1.807, 2.05) is 6.20 Å². The molecule has 3 rings (SSSR count). The van der Waals surface area contributed by atoms with Crippen LogP contribution in [-0.4, -0.2) is 58.8 Å². The summed E-state index contributed by atoms with van der Waals surface area (Å²) in [7, 11) is 0. The third kappa shape index (κ3) is 2.75. The van der Waals surface area contributed by atoms with Gasteiger partial charge in [0.05, 0.1) is 12.2 Å². The Labute approximate surface area is 110 Å². The minimum absolute atomic E-state index is 0.595. The Morgan fingerprint density at radius 1 is 1.17 bits per heavy atom.